The summed E-state index contributed by atoms with van der Waals surface area (Å²) < 4.78 is 15.7. The number of amides is 1. The van der Waals surface area contributed by atoms with Crippen LogP contribution in [-0.2, 0) is 29.3 Å². The number of nitrogens with two attached hydrogens (primary N) is 1. The van der Waals surface area contributed by atoms with Crippen LogP contribution in [0.1, 0.15) is 26.3 Å². The molecule has 0 aliphatic carbocycles. The molecule has 3 N–H and O–H groups in total. The molecule has 0 bridgehead atoms. The van der Waals surface area contributed by atoms with Crippen molar-refractivity contribution in [3.05, 3.63) is 52.6 Å². The largest absolute Gasteiger partial charge is 0.465 e. The fraction of sp³-hybridized carbons (Fsp3) is 0.316. The van der Waals surface area contributed by atoms with Gasteiger partial charge in [-0.05, 0) is 26.8 Å². The number of rotatable bonds is 3. The third-order valence-electron chi connectivity index (χ3n) is 4.46. The van der Waals surface area contributed by atoms with Gasteiger partial charge in [0.25, 0.3) is 0 Å². The molecule has 2 heterocycles. The van der Waals surface area contributed by atoms with E-state index < -0.39 is 29.4 Å². The molecule has 1 amide bonds. The second-order valence-electron chi connectivity index (χ2n) is 6.49. The Kier molecular flexibility index (Phi) is 4.43. The minimum Gasteiger partial charge on any atom is -0.465 e. The molecule has 1 atom stereocenters. The lowest BCUT2D eigenvalue weighted by Crippen LogP contribution is -2.49. The van der Waals surface area contributed by atoms with Crippen LogP contribution < -0.4 is 15.8 Å². The van der Waals surface area contributed by atoms with Gasteiger partial charge in [-0.3, -0.25) is 4.79 Å². The summed E-state index contributed by atoms with van der Waals surface area (Å²) in [6, 6.07) is 6.57. The number of hydrogen-bond donors (Lipinski definition) is 2. The predicted octanol–water partition coefficient (Wildman–Crippen LogP) is 1.02. The highest BCUT2D eigenvalue weighted by molar-refractivity contribution is 6.17. The molecule has 8 nitrogen and oxygen atoms in total. The van der Waals surface area contributed by atoms with Crippen molar-refractivity contribution in [3.63, 3.8) is 0 Å². The zero-order valence-electron chi connectivity index (χ0n) is 15.4. The monoisotopic (exact) mass is 372 g/mol. The van der Waals surface area contributed by atoms with E-state index in [0.29, 0.717) is 5.56 Å². The quantitative estimate of drug-likeness (QED) is 0.761. The SMILES string of the molecule is COC(=O)C1=C(N)Oc2ccccc2[C@]12C(=O)NC(C)=C2C(=O)OC(C)C. The second kappa shape index (κ2) is 6.46. The van der Waals surface area contributed by atoms with Crippen molar-refractivity contribution in [3.8, 4) is 5.75 Å². The van der Waals surface area contributed by atoms with Gasteiger partial charge in [0, 0.05) is 11.3 Å². The van der Waals surface area contributed by atoms with E-state index in [9.17, 15) is 14.4 Å². The van der Waals surface area contributed by atoms with Crippen molar-refractivity contribution >= 4 is 17.8 Å². The van der Waals surface area contributed by atoms with Gasteiger partial charge in [-0.2, -0.15) is 0 Å². The summed E-state index contributed by atoms with van der Waals surface area (Å²) in [6.07, 6.45) is -0.427. The van der Waals surface area contributed by atoms with Gasteiger partial charge in [0.15, 0.2) is 0 Å². The van der Waals surface area contributed by atoms with Gasteiger partial charge in [-0.1, -0.05) is 18.2 Å². The average molecular weight is 372 g/mol. The van der Waals surface area contributed by atoms with Crippen molar-refractivity contribution in [2.24, 2.45) is 5.73 Å². The number of allylic oxidation sites excluding steroid dienone is 1. The molecule has 0 radical (unpaired) electrons. The molecule has 0 saturated heterocycles. The Balaban J connectivity index is 2.38. The number of nitrogens with one attached hydrogen (secondary N) is 1. The Morgan fingerprint density at radius 3 is 2.48 bits per heavy atom. The summed E-state index contributed by atoms with van der Waals surface area (Å²) in [5.41, 5.74) is 4.50. The molecular formula is C19H20N2O6. The van der Waals surface area contributed by atoms with Crippen LogP contribution in [0.5, 0.6) is 5.75 Å². The minimum absolute atomic E-state index is 0.0136. The van der Waals surface area contributed by atoms with Crippen molar-refractivity contribution in [1.29, 1.82) is 0 Å². The Labute approximate surface area is 155 Å². The number of hydrogen-bond acceptors (Lipinski definition) is 7. The van der Waals surface area contributed by atoms with E-state index in [2.05, 4.69) is 5.32 Å². The Morgan fingerprint density at radius 2 is 1.85 bits per heavy atom. The van der Waals surface area contributed by atoms with Crippen molar-refractivity contribution in [2.75, 3.05) is 7.11 Å². The van der Waals surface area contributed by atoms with Crippen LogP contribution in [0, 0.1) is 0 Å². The number of benzene rings is 1. The molecule has 1 aromatic rings. The first-order valence-corrected chi connectivity index (χ1v) is 8.34. The first-order valence-electron chi connectivity index (χ1n) is 8.34. The Bertz CT molecular complexity index is 915. The summed E-state index contributed by atoms with van der Waals surface area (Å²) >= 11 is 0. The van der Waals surface area contributed by atoms with Crippen LogP contribution in [-0.4, -0.2) is 31.1 Å². The molecule has 0 aromatic heterocycles. The molecule has 3 rings (SSSR count). The Morgan fingerprint density at radius 1 is 1.19 bits per heavy atom. The molecule has 142 valence electrons. The van der Waals surface area contributed by atoms with E-state index in [4.69, 9.17) is 19.9 Å². The molecule has 1 aromatic carbocycles. The molecule has 0 unspecified atom stereocenters. The lowest BCUT2D eigenvalue weighted by molar-refractivity contribution is -0.144. The van der Waals surface area contributed by atoms with Crippen molar-refractivity contribution in [1.82, 2.24) is 5.32 Å². The number of carbonyl (C=O) groups excluding carboxylic acids is 3. The maximum atomic E-state index is 13.2. The number of methoxy groups -OCH3 is 1. The summed E-state index contributed by atoms with van der Waals surface area (Å²) in [5, 5.41) is 2.64. The van der Waals surface area contributed by atoms with E-state index in [0.717, 1.165) is 7.11 Å². The maximum absolute atomic E-state index is 13.2. The number of ether oxygens (including phenoxy) is 3. The average Bonchev–Trinajstić information content (AvgIpc) is 2.85. The third kappa shape index (κ3) is 2.56. The highest BCUT2D eigenvalue weighted by Crippen LogP contribution is 2.51. The molecule has 8 heteroatoms. The van der Waals surface area contributed by atoms with E-state index in [1.54, 1.807) is 45.0 Å². The topological polar surface area (TPSA) is 117 Å². The fourth-order valence-electron chi connectivity index (χ4n) is 3.51. The smallest absolute Gasteiger partial charge is 0.340 e. The number of fused-ring (bicyclic) bond motifs is 2. The molecule has 0 fully saturated rings. The fourth-order valence-corrected chi connectivity index (χ4v) is 3.51. The molecule has 0 saturated carbocycles. The van der Waals surface area contributed by atoms with Crippen LogP contribution in [0.15, 0.2) is 47.0 Å². The van der Waals surface area contributed by atoms with Gasteiger partial charge in [-0.15, -0.1) is 0 Å². The van der Waals surface area contributed by atoms with Gasteiger partial charge in [0.2, 0.25) is 11.8 Å². The molecule has 2 aliphatic rings. The van der Waals surface area contributed by atoms with Gasteiger partial charge in [0.05, 0.1) is 18.8 Å². The summed E-state index contributed by atoms with van der Waals surface area (Å²) in [5.74, 6) is -2.24. The van der Waals surface area contributed by atoms with Crippen molar-refractivity contribution in [2.45, 2.75) is 32.3 Å². The van der Waals surface area contributed by atoms with E-state index in [1.165, 1.54) is 0 Å². The number of para-hydroxylation sites is 1. The minimum atomic E-state index is -1.82. The predicted molar refractivity (Wildman–Crippen MR) is 94.0 cm³/mol. The van der Waals surface area contributed by atoms with Gasteiger partial charge in [-0.25, -0.2) is 9.59 Å². The van der Waals surface area contributed by atoms with Crippen LogP contribution in [0.2, 0.25) is 0 Å². The summed E-state index contributed by atoms with van der Waals surface area (Å²) in [7, 11) is 1.16. The molecule has 1 spiro atoms. The van der Waals surface area contributed by atoms with Gasteiger partial charge in [0.1, 0.15) is 16.7 Å². The summed E-state index contributed by atoms with van der Waals surface area (Å²) in [6.45, 7) is 4.94. The van der Waals surface area contributed by atoms with Crippen LogP contribution >= 0.6 is 0 Å². The second-order valence-corrected chi connectivity index (χ2v) is 6.49. The van der Waals surface area contributed by atoms with Crippen molar-refractivity contribution < 1.29 is 28.6 Å². The Hall–Kier alpha value is -3.29. The highest BCUT2D eigenvalue weighted by atomic mass is 16.5. The first kappa shape index (κ1) is 18.5. The first-order chi connectivity index (χ1) is 12.7. The standard InChI is InChI=1S/C19H20N2O6/c1-9(2)26-17(23)13-10(3)21-18(24)19(13)11-7-5-6-8-12(11)27-15(20)14(19)16(22)25-4/h5-9H,20H2,1-4H3,(H,21,24)/t19-/m1/s1. The highest BCUT2D eigenvalue weighted by Gasteiger charge is 2.61. The molecular weight excluding hydrogens is 352 g/mol. The van der Waals surface area contributed by atoms with Crippen LogP contribution in [0.25, 0.3) is 0 Å². The van der Waals surface area contributed by atoms with Gasteiger partial charge < -0.3 is 25.3 Å². The number of carbonyl (C=O) groups is 3. The van der Waals surface area contributed by atoms with Crippen LogP contribution in [0.4, 0.5) is 0 Å². The van der Waals surface area contributed by atoms with E-state index >= 15 is 0 Å². The van der Waals surface area contributed by atoms with E-state index in [-0.39, 0.29) is 28.5 Å². The van der Waals surface area contributed by atoms with Crippen LogP contribution in [0.3, 0.4) is 0 Å². The zero-order chi connectivity index (χ0) is 19.9. The molecule has 27 heavy (non-hydrogen) atoms. The zero-order valence-corrected chi connectivity index (χ0v) is 15.4. The lowest BCUT2D eigenvalue weighted by atomic mass is 9.67. The van der Waals surface area contributed by atoms with Gasteiger partial charge >= 0.3 is 11.9 Å². The molecule has 2 aliphatic heterocycles. The lowest BCUT2D eigenvalue weighted by Gasteiger charge is -2.35. The summed E-state index contributed by atoms with van der Waals surface area (Å²) in [4.78, 5) is 38.7. The van der Waals surface area contributed by atoms with E-state index in [1.807, 2.05) is 0 Å². The third-order valence-corrected chi connectivity index (χ3v) is 4.46. The maximum Gasteiger partial charge on any atom is 0.340 e. The normalized spacial score (nSPS) is 21.1. The number of esters is 2.